The van der Waals surface area contributed by atoms with Crippen LogP contribution in [0.25, 0.3) is 90.4 Å². The van der Waals surface area contributed by atoms with Gasteiger partial charge in [0.05, 0.1) is 33.9 Å². The molecule has 0 saturated carbocycles. The zero-order valence-corrected chi connectivity index (χ0v) is 45.3. The van der Waals surface area contributed by atoms with E-state index in [2.05, 4.69) is 244 Å². The van der Waals surface area contributed by atoms with Crippen molar-refractivity contribution in [2.24, 2.45) is 0 Å². The van der Waals surface area contributed by atoms with Gasteiger partial charge in [0.1, 0.15) is 0 Å². The Morgan fingerprint density at radius 3 is 1.08 bits per heavy atom. The van der Waals surface area contributed by atoms with Gasteiger partial charge < -0.3 is 15.1 Å². The van der Waals surface area contributed by atoms with Crippen molar-refractivity contribution in [3.63, 3.8) is 0 Å². The number of carboxylic acid groups (broad SMARTS) is 1. The lowest BCUT2D eigenvalue weighted by molar-refractivity contribution is 0.0697. The quantitative estimate of drug-likeness (QED) is 0.150. The fourth-order valence-corrected chi connectivity index (χ4v) is 9.97. The molecule has 6 heteroatoms. The van der Waals surface area contributed by atoms with E-state index < -0.39 is 5.97 Å². The molecule has 5 aromatic carbocycles. The molecule has 3 N–H and O–H groups in total. The maximum atomic E-state index is 11.8. The Hall–Kier alpha value is -8.27. The molecule has 2 aliphatic rings. The van der Waals surface area contributed by atoms with Gasteiger partial charge in [0.2, 0.25) is 0 Å². The molecule has 0 spiro atoms. The second-order valence-corrected chi connectivity index (χ2v) is 24.1. The van der Waals surface area contributed by atoms with Gasteiger partial charge in [0.15, 0.2) is 0 Å². The second-order valence-electron chi connectivity index (χ2n) is 24.1. The number of aromatic carboxylic acids is 1. The summed E-state index contributed by atoms with van der Waals surface area (Å²) in [6, 6.07) is 50.9. The fourth-order valence-electron chi connectivity index (χ4n) is 9.97. The van der Waals surface area contributed by atoms with Crippen LogP contribution in [0.2, 0.25) is 0 Å². The first-order valence-corrected chi connectivity index (χ1v) is 26.0. The van der Waals surface area contributed by atoms with E-state index in [0.29, 0.717) is 5.56 Å². The molecule has 8 bridgehead atoms. The van der Waals surface area contributed by atoms with Gasteiger partial charge in [-0.1, -0.05) is 192 Å². The van der Waals surface area contributed by atoms with E-state index >= 15 is 0 Å². The highest BCUT2D eigenvalue weighted by molar-refractivity contribution is 6.05. The predicted molar refractivity (Wildman–Crippen MR) is 315 cm³/mol. The summed E-state index contributed by atoms with van der Waals surface area (Å²) >= 11 is 0. The van der Waals surface area contributed by atoms with Crippen LogP contribution in [0.4, 0.5) is 0 Å². The third-order valence-electron chi connectivity index (χ3n) is 14.5. The van der Waals surface area contributed by atoms with Crippen molar-refractivity contribution in [2.45, 2.75) is 105 Å². The fraction of sp³-hybridized carbons (Fsp3) is 0.232. The first-order chi connectivity index (χ1) is 35.5. The van der Waals surface area contributed by atoms with E-state index in [-0.39, 0.29) is 27.2 Å². The average molecular weight is 983 g/mol. The molecular formula is C69H66N4O2. The van der Waals surface area contributed by atoms with E-state index in [1.807, 2.05) is 0 Å². The summed E-state index contributed by atoms with van der Waals surface area (Å²) in [4.78, 5) is 31.0. The lowest BCUT2D eigenvalue weighted by atomic mass is 9.86. The van der Waals surface area contributed by atoms with Crippen LogP contribution in [0.15, 0.2) is 146 Å². The number of nitrogens with zero attached hydrogens (tertiary/aromatic N) is 2. The van der Waals surface area contributed by atoms with Gasteiger partial charge in [-0.2, -0.15) is 0 Å². The summed E-state index contributed by atoms with van der Waals surface area (Å²) in [5.74, 6) is 5.98. The molecule has 75 heavy (non-hydrogen) atoms. The largest absolute Gasteiger partial charge is 0.478 e. The summed E-state index contributed by atoms with van der Waals surface area (Å²) in [7, 11) is 0. The summed E-state index contributed by atoms with van der Waals surface area (Å²) in [6.45, 7) is 26.9. The molecule has 10 rings (SSSR count). The van der Waals surface area contributed by atoms with Crippen molar-refractivity contribution in [3.05, 3.63) is 202 Å². The highest BCUT2D eigenvalue weighted by Gasteiger charge is 2.25. The van der Waals surface area contributed by atoms with Gasteiger partial charge in [-0.25, -0.2) is 14.8 Å². The average Bonchev–Trinajstić information content (AvgIpc) is 4.21. The molecular weight excluding hydrogens is 917 g/mol. The Balaban J connectivity index is 1.37. The number of aromatic nitrogens is 4. The molecule has 0 atom stereocenters. The van der Waals surface area contributed by atoms with Gasteiger partial charge >= 0.3 is 5.97 Å². The van der Waals surface area contributed by atoms with Crippen LogP contribution in [0.5, 0.6) is 0 Å². The summed E-state index contributed by atoms with van der Waals surface area (Å²) < 4.78 is 0. The third kappa shape index (κ3) is 10.2. The second kappa shape index (κ2) is 18.9. The zero-order valence-electron chi connectivity index (χ0n) is 45.3. The Kier molecular flexibility index (Phi) is 12.7. The van der Waals surface area contributed by atoms with Gasteiger partial charge in [0.25, 0.3) is 0 Å². The van der Waals surface area contributed by atoms with Crippen molar-refractivity contribution < 1.29 is 9.90 Å². The molecule has 0 amide bonds. The molecule has 8 aromatic rings. The van der Waals surface area contributed by atoms with Crippen LogP contribution in [0.1, 0.15) is 144 Å². The summed E-state index contributed by atoms with van der Waals surface area (Å²) in [5.41, 5.74) is 21.1. The Bertz CT molecular complexity index is 3820. The number of hydrogen-bond acceptors (Lipinski definition) is 3. The Morgan fingerprint density at radius 2 is 0.733 bits per heavy atom. The van der Waals surface area contributed by atoms with Gasteiger partial charge in [0, 0.05) is 49.9 Å². The maximum Gasteiger partial charge on any atom is 0.335 e. The van der Waals surface area contributed by atoms with Gasteiger partial charge in [-0.05, 0) is 133 Å². The highest BCUT2D eigenvalue weighted by atomic mass is 16.4. The minimum absolute atomic E-state index is 0.0184. The normalized spacial score (nSPS) is 12.8. The molecule has 2 aliphatic heterocycles. The molecule has 374 valence electrons. The Morgan fingerprint density at radius 1 is 0.400 bits per heavy atom. The van der Waals surface area contributed by atoms with Gasteiger partial charge in [-0.3, -0.25) is 0 Å². The SMILES string of the molecule is CC(C)(C)c1ccc(-c2c3nc(c(-c4ccc(C(C)(C)C)cc4)c4ccc([nH]4)c(-c4ccc(C(C)(C)C)cc4)c4nc(c(-c5ccc(C(C)(C)C)cc5)c5ccc2[nH]5)C=C4C#Cc2ccc(C(=O)O)cc2)C=C3)cc1. The topological polar surface area (TPSA) is 94.7 Å². The number of H-pyrrole nitrogens is 2. The smallest absolute Gasteiger partial charge is 0.335 e. The monoisotopic (exact) mass is 983 g/mol. The molecule has 6 nitrogen and oxygen atoms in total. The Labute approximate surface area is 442 Å². The minimum atomic E-state index is -0.981. The first-order valence-electron chi connectivity index (χ1n) is 26.0. The number of carbonyl (C=O) groups is 1. The molecule has 3 aromatic heterocycles. The van der Waals surface area contributed by atoms with E-state index in [9.17, 15) is 9.90 Å². The van der Waals surface area contributed by atoms with E-state index in [1.54, 1.807) is 24.3 Å². The maximum absolute atomic E-state index is 11.8. The number of allylic oxidation sites excluding steroid dienone is 1. The van der Waals surface area contributed by atoms with Crippen molar-refractivity contribution in [3.8, 4) is 56.3 Å². The number of nitrogens with one attached hydrogen (secondary N) is 2. The lowest BCUT2D eigenvalue weighted by Gasteiger charge is -2.19. The van der Waals surface area contributed by atoms with E-state index in [1.165, 1.54) is 22.3 Å². The number of carboxylic acids is 1. The molecule has 0 unspecified atom stereocenters. The summed E-state index contributed by atoms with van der Waals surface area (Å²) in [6.07, 6.45) is 6.42. The standard InChI is InChI=1S/C69H66N4O2/c1-66(2,3)49-27-19-43(20-28-49)60-53-35-36-54(70-53)61(44-21-29-50(30-22-44)67(4,5)6)56-39-40-58(72-56)63(46-25-33-52(34-26-46)69(10,11)12)64-48(18-15-42-13-16-47(17-14-42)65(74)75)41-59(73-64)62(57-38-37-55(60)71-57)45-23-31-51(32-24-45)68(7,8)9/h13-14,16-17,19-41,71-72H,1-12H3,(H,74,75). The van der Waals surface area contributed by atoms with Crippen molar-refractivity contribution >= 4 is 51.8 Å². The highest BCUT2D eigenvalue weighted by Crippen LogP contribution is 2.42. The van der Waals surface area contributed by atoms with Crippen LogP contribution < -0.4 is 0 Å². The summed E-state index contributed by atoms with van der Waals surface area (Å²) in [5, 5.41) is 9.70. The van der Waals surface area contributed by atoms with Crippen molar-refractivity contribution in [1.82, 2.24) is 19.9 Å². The van der Waals surface area contributed by atoms with Crippen LogP contribution >= 0.6 is 0 Å². The van der Waals surface area contributed by atoms with Crippen LogP contribution in [-0.2, 0) is 21.7 Å². The van der Waals surface area contributed by atoms with Crippen LogP contribution in [0, 0.1) is 11.8 Å². The molecule has 0 radical (unpaired) electrons. The van der Waals surface area contributed by atoms with E-state index in [0.717, 1.165) is 94.9 Å². The molecule has 0 fully saturated rings. The molecule has 0 aliphatic carbocycles. The minimum Gasteiger partial charge on any atom is -0.478 e. The van der Waals surface area contributed by atoms with Gasteiger partial charge in [-0.15, -0.1) is 0 Å². The number of rotatable bonds is 5. The number of aromatic amines is 2. The van der Waals surface area contributed by atoms with Crippen molar-refractivity contribution in [2.75, 3.05) is 0 Å². The number of benzene rings is 5. The molecule has 0 saturated heterocycles. The number of hydrogen-bond donors (Lipinski definition) is 3. The lowest BCUT2D eigenvalue weighted by Crippen LogP contribution is -2.10. The third-order valence-corrected chi connectivity index (χ3v) is 14.5. The first kappa shape index (κ1) is 50.3. The van der Waals surface area contributed by atoms with Crippen molar-refractivity contribution in [1.29, 1.82) is 0 Å². The zero-order chi connectivity index (χ0) is 53.2. The van der Waals surface area contributed by atoms with Crippen LogP contribution in [0.3, 0.4) is 0 Å². The predicted octanol–water partition coefficient (Wildman–Crippen LogP) is 17.6. The molecule has 5 heterocycles. The number of fused-ring (bicyclic) bond motifs is 8. The van der Waals surface area contributed by atoms with E-state index in [4.69, 9.17) is 9.97 Å². The van der Waals surface area contributed by atoms with Crippen LogP contribution in [-0.4, -0.2) is 31.0 Å².